The van der Waals surface area contributed by atoms with Gasteiger partial charge in [-0.3, -0.25) is 0 Å². The summed E-state index contributed by atoms with van der Waals surface area (Å²) in [6.07, 6.45) is 3.24. The Balaban J connectivity index is 2.62. The minimum absolute atomic E-state index is 0.517. The molecule has 1 unspecified atom stereocenters. The zero-order valence-corrected chi connectivity index (χ0v) is 14.3. The van der Waals surface area contributed by atoms with Gasteiger partial charge in [-0.05, 0) is 57.7 Å². The Bertz CT molecular complexity index is 397. The number of aryl methyl sites for hydroxylation is 2. The predicted molar refractivity (Wildman–Crippen MR) is 87.5 cm³/mol. The maximum atomic E-state index is 5.53. The second kappa shape index (κ2) is 9.85. The van der Waals surface area contributed by atoms with E-state index in [9.17, 15) is 0 Å². The van der Waals surface area contributed by atoms with E-state index in [0.717, 1.165) is 49.8 Å². The van der Waals surface area contributed by atoms with Gasteiger partial charge in [0.1, 0.15) is 6.61 Å². The zero-order chi connectivity index (χ0) is 15.7. The average Bonchev–Trinajstić information content (AvgIpc) is 2.43. The van der Waals surface area contributed by atoms with Gasteiger partial charge < -0.3 is 10.1 Å². The lowest BCUT2D eigenvalue weighted by molar-refractivity contribution is 0.115. The number of ether oxygens (including phenoxy) is 1. The molecule has 0 saturated carbocycles. The molecule has 0 aromatic carbocycles. The molecule has 4 heteroatoms. The van der Waals surface area contributed by atoms with Crippen LogP contribution < -0.4 is 5.32 Å². The fourth-order valence-electron chi connectivity index (χ4n) is 2.42. The Morgan fingerprint density at radius 1 is 1.10 bits per heavy atom. The monoisotopic (exact) mass is 293 g/mol. The van der Waals surface area contributed by atoms with Crippen molar-refractivity contribution in [2.45, 2.75) is 60.5 Å². The summed E-state index contributed by atoms with van der Waals surface area (Å²) >= 11 is 0. The first-order valence-electron chi connectivity index (χ1n) is 8.19. The minimum Gasteiger partial charge on any atom is -0.373 e. The molecule has 1 atom stereocenters. The minimum atomic E-state index is 0.517. The van der Waals surface area contributed by atoms with Crippen LogP contribution in [0.25, 0.3) is 0 Å². The van der Waals surface area contributed by atoms with Crippen molar-refractivity contribution in [1.82, 2.24) is 15.3 Å². The second-order valence-electron chi connectivity index (χ2n) is 5.86. The van der Waals surface area contributed by atoms with Crippen molar-refractivity contribution in [3.8, 4) is 0 Å². The molecule has 0 saturated heterocycles. The van der Waals surface area contributed by atoms with Crippen LogP contribution in [0.1, 0.15) is 56.4 Å². The van der Waals surface area contributed by atoms with Gasteiger partial charge in [-0.1, -0.05) is 20.8 Å². The van der Waals surface area contributed by atoms with Crippen molar-refractivity contribution in [3.63, 3.8) is 0 Å². The van der Waals surface area contributed by atoms with Crippen LogP contribution in [0.5, 0.6) is 0 Å². The summed E-state index contributed by atoms with van der Waals surface area (Å²) in [7, 11) is 0. The molecule has 1 N–H and O–H groups in total. The lowest BCUT2D eigenvalue weighted by atomic mass is 9.98. The number of nitrogens with one attached hydrogen (secondary N) is 1. The van der Waals surface area contributed by atoms with Crippen LogP contribution in [0.4, 0.5) is 0 Å². The molecule has 0 fully saturated rings. The van der Waals surface area contributed by atoms with Crippen LogP contribution >= 0.6 is 0 Å². The molecule has 0 bridgehead atoms. The topological polar surface area (TPSA) is 47.0 Å². The maximum Gasteiger partial charge on any atom is 0.154 e. The molecule has 0 aliphatic rings. The van der Waals surface area contributed by atoms with Gasteiger partial charge in [0.2, 0.25) is 0 Å². The van der Waals surface area contributed by atoms with E-state index in [1.807, 2.05) is 0 Å². The SMILES string of the molecule is CCCNCC(C)Cc1c(C)nc(COCCC)nc1C. The number of nitrogens with zero attached hydrogens (tertiary/aromatic N) is 2. The molecular formula is C17H31N3O. The van der Waals surface area contributed by atoms with Gasteiger partial charge in [-0.2, -0.15) is 0 Å². The summed E-state index contributed by atoms with van der Waals surface area (Å²) in [5.41, 5.74) is 3.49. The smallest absolute Gasteiger partial charge is 0.154 e. The van der Waals surface area contributed by atoms with Crippen LogP contribution in [0.15, 0.2) is 0 Å². The molecule has 1 aromatic heterocycles. The zero-order valence-electron chi connectivity index (χ0n) is 14.3. The second-order valence-corrected chi connectivity index (χ2v) is 5.86. The third-order valence-corrected chi connectivity index (χ3v) is 3.52. The molecule has 1 heterocycles. The van der Waals surface area contributed by atoms with Crippen LogP contribution in [-0.4, -0.2) is 29.7 Å². The van der Waals surface area contributed by atoms with Crippen LogP contribution in [0.3, 0.4) is 0 Å². The highest BCUT2D eigenvalue weighted by atomic mass is 16.5. The van der Waals surface area contributed by atoms with Gasteiger partial charge in [0.25, 0.3) is 0 Å². The highest BCUT2D eigenvalue weighted by Crippen LogP contribution is 2.15. The molecule has 0 aliphatic heterocycles. The lowest BCUT2D eigenvalue weighted by Gasteiger charge is -2.16. The van der Waals surface area contributed by atoms with Gasteiger partial charge in [0.15, 0.2) is 5.82 Å². The molecule has 4 nitrogen and oxygen atoms in total. The first-order valence-corrected chi connectivity index (χ1v) is 8.19. The van der Waals surface area contributed by atoms with Gasteiger partial charge in [0.05, 0.1) is 0 Å². The molecule has 1 aromatic rings. The van der Waals surface area contributed by atoms with Crippen molar-refractivity contribution in [1.29, 1.82) is 0 Å². The summed E-state index contributed by atoms with van der Waals surface area (Å²) in [5, 5.41) is 3.48. The van der Waals surface area contributed by atoms with Gasteiger partial charge in [-0.25, -0.2) is 9.97 Å². The van der Waals surface area contributed by atoms with E-state index in [0.29, 0.717) is 12.5 Å². The molecule has 0 aliphatic carbocycles. The van der Waals surface area contributed by atoms with Gasteiger partial charge >= 0.3 is 0 Å². The van der Waals surface area contributed by atoms with E-state index in [-0.39, 0.29) is 0 Å². The van der Waals surface area contributed by atoms with Crippen LogP contribution in [0.2, 0.25) is 0 Å². The fraction of sp³-hybridized carbons (Fsp3) is 0.765. The molecule has 0 amide bonds. The van der Waals surface area contributed by atoms with Crippen molar-refractivity contribution >= 4 is 0 Å². The van der Waals surface area contributed by atoms with Crippen LogP contribution in [0, 0.1) is 19.8 Å². The largest absolute Gasteiger partial charge is 0.373 e. The van der Waals surface area contributed by atoms with E-state index in [1.54, 1.807) is 0 Å². The summed E-state index contributed by atoms with van der Waals surface area (Å²) in [6.45, 7) is 14.2. The molecule has 0 spiro atoms. The number of aromatic nitrogens is 2. The normalized spacial score (nSPS) is 12.6. The Morgan fingerprint density at radius 2 is 1.76 bits per heavy atom. The summed E-state index contributed by atoms with van der Waals surface area (Å²) in [6, 6.07) is 0. The van der Waals surface area contributed by atoms with Gasteiger partial charge in [-0.15, -0.1) is 0 Å². The predicted octanol–water partition coefficient (Wildman–Crippen LogP) is 3.20. The Morgan fingerprint density at radius 3 is 2.33 bits per heavy atom. The molecule has 0 radical (unpaired) electrons. The summed E-state index contributed by atoms with van der Waals surface area (Å²) in [4.78, 5) is 9.20. The van der Waals surface area contributed by atoms with Crippen LogP contribution in [-0.2, 0) is 17.8 Å². The third-order valence-electron chi connectivity index (χ3n) is 3.52. The van der Waals surface area contributed by atoms with Gasteiger partial charge in [0, 0.05) is 18.0 Å². The molecule has 120 valence electrons. The standard InChI is InChI=1S/C17H31N3O/c1-6-8-18-11-13(3)10-16-14(4)19-17(20-15(16)5)12-21-9-7-2/h13,18H,6-12H2,1-5H3. The van der Waals surface area contributed by atoms with E-state index in [2.05, 4.69) is 49.9 Å². The highest BCUT2D eigenvalue weighted by molar-refractivity contribution is 5.24. The molecule has 21 heavy (non-hydrogen) atoms. The van der Waals surface area contributed by atoms with E-state index >= 15 is 0 Å². The maximum absolute atomic E-state index is 5.53. The Labute approximate surface area is 129 Å². The number of hydrogen-bond acceptors (Lipinski definition) is 4. The highest BCUT2D eigenvalue weighted by Gasteiger charge is 2.12. The first kappa shape index (κ1) is 18.1. The molecule has 1 rings (SSSR count). The van der Waals surface area contributed by atoms with Crippen molar-refractivity contribution in [2.75, 3.05) is 19.7 Å². The van der Waals surface area contributed by atoms with E-state index in [1.165, 1.54) is 12.0 Å². The van der Waals surface area contributed by atoms with E-state index < -0.39 is 0 Å². The lowest BCUT2D eigenvalue weighted by Crippen LogP contribution is -2.24. The van der Waals surface area contributed by atoms with Crippen molar-refractivity contribution in [2.24, 2.45) is 5.92 Å². The summed E-state index contributed by atoms with van der Waals surface area (Å²) < 4.78 is 5.53. The molecular weight excluding hydrogens is 262 g/mol. The van der Waals surface area contributed by atoms with Crippen molar-refractivity contribution < 1.29 is 4.74 Å². The van der Waals surface area contributed by atoms with E-state index in [4.69, 9.17) is 4.74 Å². The first-order chi connectivity index (χ1) is 10.1. The Hall–Kier alpha value is -1.00. The third kappa shape index (κ3) is 6.53. The average molecular weight is 293 g/mol. The summed E-state index contributed by atoms with van der Waals surface area (Å²) in [5.74, 6) is 1.40. The quantitative estimate of drug-likeness (QED) is 0.673. The fourth-order valence-corrected chi connectivity index (χ4v) is 2.42. The number of rotatable bonds is 10. The number of hydrogen-bond donors (Lipinski definition) is 1. The van der Waals surface area contributed by atoms with Crippen molar-refractivity contribution in [3.05, 3.63) is 22.8 Å². The Kier molecular flexibility index (Phi) is 8.47.